The average molecular weight is 372 g/mol. The van der Waals surface area contributed by atoms with Crippen molar-refractivity contribution < 1.29 is 4.74 Å². The standard InChI is InChI=1S/C23H33NOS/c1-16-7-8-21-22(2,3)9-6-10-23(21,4)20(16)15-26-19-12-17(14-24)11-18(13-19)25-5/h11-13,16,20-21H,6-10,15H2,1-5H3. The van der Waals surface area contributed by atoms with Crippen molar-refractivity contribution >= 4 is 11.8 Å². The van der Waals surface area contributed by atoms with E-state index in [2.05, 4.69) is 39.8 Å². The van der Waals surface area contributed by atoms with Gasteiger partial charge in [-0.1, -0.05) is 40.5 Å². The van der Waals surface area contributed by atoms with Crippen molar-refractivity contribution in [2.75, 3.05) is 12.9 Å². The maximum atomic E-state index is 9.28. The zero-order valence-corrected chi connectivity index (χ0v) is 17.8. The van der Waals surface area contributed by atoms with Gasteiger partial charge >= 0.3 is 0 Å². The van der Waals surface area contributed by atoms with Gasteiger partial charge in [-0.15, -0.1) is 11.8 Å². The molecule has 1 aromatic rings. The van der Waals surface area contributed by atoms with E-state index in [1.165, 1.54) is 32.1 Å². The highest BCUT2D eigenvalue weighted by atomic mass is 32.2. The Morgan fingerprint density at radius 1 is 1.19 bits per heavy atom. The fraction of sp³-hybridized carbons (Fsp3) is 0.696. The molecule has 0 heterocycles. The van der Waals surface area contributed by atoms with E-state index in [4.69, 9.17) is 4.74 Å². The van der Waals surface area contributed by atoms with E-state index < -0.39 is 0 Å². The molecular formula is C23H33NOS. The van der Waals surface area contributed by atoms with Crippen LogP contribution in [0.15, 0.2) is 23.1 Å². The first-order valence-electron chi connectivity index (χ1n) is 10.0. The van der Waals surface area contributed by atoms with Crippen molar-refractivity contribution in [1.29, 1.82) is 5.26 Å². The molecule has 142 valence electrons. The summed E-state index contributed by atoms with van der Waals surface area (Å²) in [4.78, 5) is 1.16. The van der Waals surface area contributed by atoms with Crippen LogP contribution in [0.2, 0.25) is 0 Å². The molecule has 3 heteroatoms. The number of benzene rings is 1. The fourth-order valence-corrected chi connectivity index (χ4v) is 7.48. The van der Waals surface area contributed by atoms with Crippen LogP contribution in [0, 0.1) is 39.9 Å². The molecule has 0 saturated heterocycles. The molecule has 4 unspecified atom stereocenters. The summed E-state index contributed by atoms with van der Waals surface area (Å²) in [6.45, 7) is 10.0. The van der Waals surface area contributed by atoms with Crippen molar-refractivity contribution in [3.8, 4) is 11.8 Å². The van der Waals surface area contributed by atoms with Crippen LogP contribution >= 0.6 is 11.8 Å². The van der Waals surface area contributed by atoms with Crippen LogP contribution < -0.4 is 4.74 Å². The zero-order valence-electron chi connectivity index (χ0n) is 17.0. The lowest BCUT2D eigenvalue weighted by atomic mass is 9.47. The highest BCUT2D eigenvalue weighted by Crippen LogP contribution is 2.61. The third-order valence-electron chi connectivity index (χ3n) is 7.39. The maximum Gasteiger partial charge on any atom is 0.121 e. The molecule has 1 aromatic carbocycles. The van der Waals surface area contributed by atoms with Crippen molar-refractivity contribution in [1.82, 2.24) is 0 Å². The molecule has 3 rings (SSSR count). The summed E-state index contributed by atoms with van der Waals surface area (Å²) in [5, 5.41) is 9.28. The third-order valence-corrected chi connectivity index (χ3v) is 8.49. The first kappa shape index (κ1) is 19.6. The number of methoxy groups -OCH3 is 1. The molecule has 2 aliphatic rings. The summed E-state index contributed by atoms with van der Waals surface area (Å²) in [6.07, 6.45) is 6.87. The number of nitriles is 1. The summed E-state index contributed by atoms with van der Waals surface area (Å²) in [7, 11) is 1.67. The zero-order chi connectivity index (χ0) is 18.9. The monoisotopic (exact) mass is 371 g/mol. The first-order valence-corrected chi connectivity index (χ1v) is 11.0. The van der Waals surface area contributed by atoms with Gasteiger partial charge < -0.3 is 4.74 Å². The largest absolute Gasteiger partial charge is 0.497 e. The van der Waals surface area contributed by atoms with Crippen LogP contribution in [0.5, 0.6) is 5.75 Å². The summed E-state index contributed by atoms with van der Waals surface area (Å²) < 4.78 is 5.38. The van der Waals surface area contributed by atoms with E-state index in [-0.39, 0.29) is 0 Å². The Bertz CT molecular complexity index is 692. The van der Waals surface area contributed by atoms with E-state index in [0.717, 1.165) is 34.2 Å². The van der Waals surface area contributed by atoms with Crippen LogP contribution in [-0.2, 0) is 0 Å². The Morgan fingerprint density at radius 2 is 1.96 bits per heavy atom. The van der Waals surface area contributed by atoms with Gasteiger partial charge in [-0.05, 0) is 66.0 Å². The Morgan fingerprint density at radius 3 is 2.65 bits per heavy atom. The summed E-state index contributed by atoms with van der Waals surface area (Å²) in [5.41, 5.74) is 1.61. The Balaban J connectivity index is 1.81. The number of thioether (sulfide) groups is 1. The van der Waals surface area contributed by atoms with Gasteiger partial charge in [0.05, 0.1) is 18.7 Å². The van der Waals surface area contributed by atoms with Crippen LogP contribution in [0.4, 0.5) is 0 Å². The molecule has 2 nitrogen and oxygen atoms in total. The molecule has 0 aliphatic heterocycles. The molecule has 26 heavy (non-hydrogen) atoms. The molecule has 2 fully saturated rings. The van der Waals surface area contributed by atoms with Gasteiger partial charge in [-0.25, -0.2) is 0 Å². The Kier molecular flexibility index (Phi) is 5.63. The van der Waals surface area contributed by atoms with Gasteiger partial charge in [0.15, 0.2) is 0 Å². The second-order valence-corrected chi connectivity index (χ2v) is 10.5. The Hall–Kier alpha value is -1.14. The minimum atomic E-state index is 0.448. The molecule has 0 radical (unpaired) electrons. The minimum absolute atomic E-state index is 0.448. The molecule has 0 amide bonds. The van der Waals surface area contributed by atoms with Crippen molar-refractivity contribution in [3.63, 3.8) is 0 Å². The van der Waals surface area contributed by atoms with Crippen LogP contribution in [0.25, 0.3) is 0 Å². The lowest BCUT2D eigenvalue weighted by Crippen LogP contribution is -2.51. The fourth-order valence-electron chi connectivity index (χ4n) is 5.99. The lowest BCUT2D eigenvalue weighted by Gasteiger charge is -2.59. The van der Waals surface area contributed by atoms with E-state index in [1.807, 2.05) is 23.9 Å². The van der Waals surface area contributed by atoms with Gasteiger partial charge in [0, 0.05) is 10.6 Å². The van der Waals surface area contributed by atoms with Gasteiger partial charge in [0.1, 0.15) is 5.75 Å². The Labute approximate surface area is 163 Å². The van der Waals surface area contributed by atoms with E-state index in [1.54, 1.807) is 7.11 Å². The highest BCUT2D eigenvalue weighted by molar-refractivity contribution is 7.99. The van der Waals surface area contributed by atoms with Crippen LogP contribution in [0.3, 0.4) is 0 Å². The maximum absolute atomic E-state index is 9.28. The third kappa shape index (κ3) is 3.63. The molecule has 0 spiro atoms. The molecule has 0 aromatic heterocycles. The number of hydrogen-bond donors (Lipinski definition) is 0. The number of nitrogens with zero attached hydrogens (tertiary/aromatic N) is 1. The average Bonchev–Trinajstić information content (AvgIpc) is 2.59. The molecule has 0 N–H and O–H groups in total. The number of fused-ring (bicyclic) bond motifs is 1. The SMILES string of the molecule is COc1cc(C#N)cc(SCC2C(C)CCC3C(C)(C)CCCC23C)c1. The quantitative estimate of drug-likeness (QED) is 0.563. The van der Waals surface area contributed by atoms with Gasteiger partial charge in [-0.3, -0.25) is 0 Å². The highest BCUT2D eigenvalue weighted by Gasteiger charge is 2.53. The van der Waals surface area contributed by atoms with Gasteiger partial charge in [-0.2, -0.15) is 5.26 Å². The predicted molar refractivity (Wildman–Crippen MR) is 110 cm³/mol. The van der Waals surface area contributed by atoms with E-state index in [9.17, 15) is 5.26 Å². The van der Waals surface area contributed by atoms with Gasteiger partial charge in [0.25, 0.3) is 0 Å². The van der Waals surface area contributed by atoms with E-state index in [0.29, 0.717) is 16.4 Å². The van der Waals surface area contributed by atoms with Crippen molar-refractivity contribution in [2.45, 2.75) is 64.7 Å². The first-order chi connectivity index (χ1) is 12.3. The molecule has 2 saturated carbocycles. The smallest absolute Gasteiger partial charge is 0.121 e. The van der Waals surface area contributed by atoms with Crippen molar-refractivity contribution in [3.05, 3.63) is 23.8 Å². The number of rotatable bonds is 4. The lowest BCUT2D eigenvalue weighted by molar-refractivity contribution is -0.0850. The summed E-state index contributed by atoms with van der Waals surface area (Å²) in [6, 6.07) is 8.15. The number of hydrogen-bond acceptors (Lipinski definition) is 3. The molecular weight excluding hydrogens is 338 g/mol. The molecule has 2 aliphatic carbocycles. The second-order valence-electron chi connectivity index (χ2n) is 9.38. The summed E-state index contributed by atoms with van der Waals surface area (Å²) >= 11 is 1.91. The predicted octanol–water partition coefficient (Wildman–Crippen LogP) is 6.54. The van der Waals surface area contributed by atoms with Crippen LogP contribution in [-0.4, -0.2) is 12.9 Å². The van der Waals surface area contributed by atoms with Crippen LogP contribution in [0.1, 0.15) is 65.4 Å². The normalized spacial score (nSPS) is 33.2. The minimum Gasteiger partial charge on any atom is -0.497 e. The molecule has 4 atom stereocenters. The topological polar surface area (TPSA) is 33.0 Å². The second kappa shape index (κ2) is 7.47. The number of ether oxygens (including phenoxy) is 1. The summed E-state index contributed by atoms with van der Waals surface area (Å²) in [5.74, 6) is 4.28. The van der Waals surface area contributed by atoms with Crippen molar-refractivity contribution in [2.24, 2.45) is 28.6 Å². The molecule has 0 bridgehead atoms. The van der Waals surface area contributed by atoms with E-state index >= 15 is 0 Å². The van der Waals surface area contributed by atoms with Gasteiger partial charge in [0.2, 0.25) is 0 Å².